The second kappa shape index (κ2) is 3.09. The standard InChI is InChI=1S/C9H11FO2/c1-5-3-7(6(2)11)9(12)8(10)4-5/h3,5,12H,4H2,1-2H3/t5-/m0/s1. The number of allylic oxidation sites excluding steroid dienone is 3. The second-order valence-electron chi connectivity index (χ2n) is 3.07. The van der Waals surface area contributed by atoms with E-state index in [1.807, 2.05) is 0 Å². The Bertz CT molecular complexity index is 276. The number of halogens is 1. The normalized spacial score (nSPS) is 23.9. The Hall–Kier alpha value is -1.12. The molecule has 0 saturated heterocycles. The molecule has 1 N–H and O–H groups in total. The molecule has 12 heavy (non-hydrogen) atoms. The van der Waals surface area contributed by atoms with Crippen LogP contribution in [-0.4, -0.2) is 10.9 Å². The van der Waals surface area contributed by atoms with Crippen molar-refractivity contribution in [1.29, 1.82) is 0 Å². The van der Waals surface area contributed by atoms with Gasteiger partial charge in [-0.05, 0) is 12.8 Å². The Balaban J connectivity index is 3.04. The van der Waals surface area contributed by atoms with E-state index < -0.39 is 11.6 Å². The Morgan fingerprint density at radius 3 is 2.83 bits per heavy atom. The quantitative estimate of drug-likeness (QED) is 0.655. The van der Waals surface area contributed by atoms with E-state index in [1.54, 1.807) is 13.0 Å². The number of aliphatic hydroxyl groups is 1. The van der Waals surface area contributed by atoms with Crippen molar-refractivity contribution in [2.75, 3.05) is 0 Å². The first-order valence-electron chi connectivity index (χ1n) is 3.83. The third kappa shape index (κ3) is 1.55. The highest BCUT2D eigenvalue weighted by Crippen LogP contribution is 2.28. The molecule has 0 fully saturated rings. The maximum atomic E-state index is 12.9. The van der Waals surface area contributed by atoms with Gasteiger partial charge in [-0.3, -0.25) is 4.79 Å². The molecule has 0 unspecified atom stereocenters. The predicted molar refractivity (Wildman–Crippen MR) is 43.3 cm³/mol. The highest BCUT2D eigenvalue weighted by molar-refractivity contribution is 5.97. The van der Waals surface area contributed by atoms with Gasteiger partial charge in [-0.1, -0.05) is 13.0 Å². The van der Waals surface area contributed by atoms with E-state index in [-0.39, 0.29) is 23.7 Å². The first kappa shape index (κ1) is 8.97. The molecule has 1 aliphatic carbocycles. The fourth-order valence-electron chi connectivity index (χ4n) is 1.23. The molecular weight excluding hydrogens is 159 g/mol. The van der Waals surface area contributed by atoms with E-state index in [9.17, 15) is 9.18 Å². The van der Waals surface area contributed by atoms with Crippen LogP contribution in [0.15, 0.2) is 23.2 Å². The Morgan fingerprint density at radius 1 is 1.75 bits per heavy atom. The first-order chi connectivity index (χ1) is 5.52. The van der Waals surface area contributed by atoms with Gasteiger partial charge in [0.25, 0.3) is 0 Å². The van der Waals surface area contributed by atoms with Crippen molar-refractivity contribution in [2.45, 2.75) is 20.3 Å². The lowest BCUT2D eigenvalue weighted by atomic mass is 9.94. The minimum atomic E-state index is -0.588. The molecule has 0 aromatic heterocycles. The summed E-state index contributed by atoms with van der Waals surface area (Å²) in [4.78, 5) is 10.9. The summed E-state index contributed by atoms with van der Waals surface area (Å²) in [6.07, 6.45) is 1.78. The summed E-state index contributed by atoms with van der Waals surface area (Å²) >= 11 is 0. The van der Waals surface area contributed by atoms with Crippen molar-refractivity contribution in [3.05, 3.63) is 23.2 Å². The van der Waals surface area contributed by atoms with Crippen LogP contribution < -0.4 is 0 Å². The number of Topliss-reactive ketones (excluding diaryl/α,β-unsaturated/α-hetero) is 1. The van der Waals surface area contributed by atoms with Gasteiger partial charge in [0.1, 0.15) is 5.83 Å². The number of hydrogen-bond donors (Lipinski definition) is 1. The lowest BCUT2D eigenvalue weighted by Gasteiger charge is -2.15. The van der Waals surface area contributed by atoms with Gasteiger partial charge in [-0.2, -0.15) is 0 Å². The monoisotopic (exact) mass is 170 g/mol. The SMILES string of the molecule is CC(=O)C1=C[C@H](C)CC(F)=C1O. The van der Waals surface area contributed by atoms with Crippen LogP contribution in [0.1, 0.15) is 20.3 Å². The summed E-state index contributed by atoms with van der Waals surface area (Å²) in [6.45, 7) is 3.11. The summed E-state index contributed by atoms with van der Waals surface area (Å²) in [5.74, 6) is -1.38. The molecule has 0 spiro atoms. The number of aliphatic hydroxyl groups excluding tert-OH is 1. The Morgan fingerprint density at radius 2 is 2.33 bits per heavy atom. The van der Waals surface area contributed by atoms with Gasteiger partial charge in [-0.25, -0.2) is 4.39 Å². The number of carbonyl (C=O) groups excluding carboxylic acids is 1. The number of ketones is 1. The maximum Gasteiger partial charge on any atom is 0.163 e. The topological polar surface area (TPSA) is 37.3 Å². The molecule has 0 bridgehead atoms. The summed E-state index contributed by atoms with van der Waals surface area (Å²) < 4.78 is 12.9. The van der Waals surface area contributed by atoms with Crippen molar-refractivity contribution in [1.82, 2.24) is 0 Å². The fourth-order valence-corrected chi connectivity index (χ4v) is 1.23. The van der Waals surface area contributed by atoms with Crippen LogP contribution in [0, 0.1) is 5.92 Å². The van der Waals surface area contributed by atoms with Gasteiger partial charge in [0.2, 0.25) is 0 Å². The molecule has 3 heteroatoms. The van der Waals surface area contributed by atoms with Crippen molar-refractivity contribution < 1.29 is 14.3 Å². The van der Waals surface area contributed by atoms with Crippen LogP contribution in [0.2, 0.25) is 0 Å². The third-order valence-electron chi connectivity index (χ3n) is 1.84. The Labute approximate surface area is 70.4 Å². The van der Waals surface area contributed by atoms with Gasteiger partial charge < -0.3 is 5.11 Å². The van der Waals surface area contributed by atoms with Crippen molar-refractivity contribution in [3.63, 3.8) is 0 Å². The van der Waals surface area contributed by atoms with Gasteiger partial charge in [0.15, 0.2) is 11.5 Å². The molecule has 1 aliphatic rings. The van der Waals surface area contributed by atoms with E-state index in [2.05, 4.69) is 0 Å². The first-order valence-corrected chi connectivity index (χ1v) is 3.83. The van der Waals surface area contributed by atoms with Crippen molar-refractivity contribution in [2.24, 2.45) is 5.92 Å². The zero-order valence-electron chi connectivity index (χ0n) is 7.10. The molecule has 66 valence electrons. The third-order valence-corrected chi connectivity index (χ3v) is 1.84. The molecular formula is C9H11FO2. The van der Waals surface area contributed by atoms with E-state index >= 15 is 0 Å². The summed E-state index contributed by atoms with van der Waals surface area (Å²) in [5, 5.41) is 9.14. The average Bonchev–Trinajstić information content (AvgIpc) is 1.96. The van der Waals surface area contributed by atoms with Gasteiger partial charge in [0.05, 0.1) is 5.57 Å². The molecule has 0 aromatic carbocycles. The van der Waals surface area contributed by atoms with Crippen molar-refractivity contribution >= 4 is 5.78 Å². The maximum absolute atomic E-state index is 12.9. The molecule has 1 atom stereocenters. The minimum Gasteiger partial charge on any atom is -0.505 e. The second-order valence-corrected chi connectivity index (χ2v) is 3.07. The van der Waals surface area contributed by atoms with E-state index in [1.165, 1.54) is 6.92 Å². The highest BCUT2D eigenvalue weighted by Gasteiger charge is 2.21. The van der Waals surface area contributed by atoms with Gasteiger partial charge >= 0.3 is 0 Å². The molecule has 0 amide bonds. The largest absolute Gasteiger partial charge is 0.505 e. The zero-order chi connectivity index (χ0) is 9.30. The molecule has 0 saturated carbocycles. The van der Waals surface area contributed by atoms with Crippen LogP contribution in [0.5, 0.6) is 0 Å². The predicted octanol–water partition coefficient (Wildman–Crippen LogP) is 2.28. The average molecular weight is 170 g/mol. The zero-order valence-corrected chi connectivity index (χ0v) is 7.10. The number of rotatable bonds is 1. The Kier molecular flexibility index (Phi) is 2.31. The number of carbonyl (C=O) groups is 1. The van der Waals surface area contributed by atoms with E-state index in [0.717, 1.165) is 0 Å². The fraction of sp³-hybridized carbons (Fsp3) is 0.444. The van der Waals surface area contributed by atoms with E-state index in [4.69, 9.17) is 5.11 Å². The lowest BCUT2D eigenvalue weighted by Crippen LogP contribution is -2.10. The van der Waals surface area contributed by atoms with Crippen LogP contribution >= 0.6 is 0 Å². The van der Waals surface area contributed by atoms with E-state index in [0.29, 0.717) is 0 Å². The molecule has 2 nitrogen and oxygen atoms in total. The van der Waals surface area contributed by atoms with Gasteiger partial charge in [-0.15, -0.1) is 0 Å². The van der Waals surface area contributed by atoms with Gasteiger partial charge in [0, 0.05) is 6.42 Å². The summed E-state index contributed by atoms with van der Waals surface area (Å²) in [6, 6.07) is 0. The molecule has 1 rings (SSSR count). The van der Waals surface area contributed by atoms with Crippen molar-refractivity contribution in [3.8, 4) is 0 Å². The smallest absolute Gasteiger partial charge is 0.163 e. The van der Waals surface area contributed by atoms with Crippen LogP contribution in [0.4, 0.5) is 4.39 Å². The highest BCUT2D eigenvalue weighted by atomic mass is 19.1. The molecule has 0 radical (unpaired) electrons. The molecule has 0 aromatic rings. The molecule has 0 heterocycles. The summed E-state index contributed by atoms with van der Waals surface area (Å²) in [5.41, 5.74) is 0.103. The summed E-state index contributed by atoms with van der Waals surface area (Å²) in [7, 11) is 0. The van der Waals surface area contributed by atoms with Crippen LogP contribution in [0.25, 0.3) is 0 Å². The minimum absolute atomic E-state index is 0.0141. The van der Waals surface area contributed by atoms with Crippen LogP contribution in [0.3, 0.4) is 0 Å². The number of hydrogen-bond acceptors (Lipinski definition) is 2. The van der Waals surface area contributed by atoms with Crippen LogP contribution in [-0.2, 0) is 4.79 Å². The molecule has 0 aliphatic heterocycles. The lowest BCUT2D eigenvalue weighted by molar-refractivity contribution is -0.113.